The van der Waals surface area contributed by atoms with Crippen LogP contribution in [0.25, 0.3) is 0 Å². The van der Waals surface area contributed by atoms with Crippen LogP contribution in [0.5, 0.6) is 0 Å². The highest BCUT2D eigenvalue weighted by Crippen LogP contribution is 2.38. The van der Waals surface area contributed by atoms with Gasteiger partial charge in [0.15, 0.2) is 0 Å². The van der Waals surface area contributed by atoms with Crippen LogP contribution in [0.4, 0.5) is 0 Å². The smallest absolute Gasteiger partial charge is 0.399 e. The molecule has 1 aromatic rings. The Morgan fingerprint density at radius 3 is 2.36 bits per heavy atom. The van der Waals surface area contributed by atoms with Crippen molar-refractivity contribution in [3.05, 3.63) is 23.8 Å². The number of halogens is 1. The monoisotopic (exact) mass is 453 g/mol. The molecule has 0 bridgehead atoms. The maximum atomic E-state index is 6.18. The van der Waals surface area contributed by atoms with Crippen LogP contribution in [0.2, 0.25) is 0 Å². The van der Waals surface area contributed by atoms with Crippen molar-refractivity contribution >= 4 is 53.0 Å². The molecule has 2 atom stereocenters. The summed E-state index contributed by atoms with van der Waals surface area (Å²) in [7, 11) is -0.389. The molecule has 0 spiro atoms. The average Bonchev–Trinajstić information content (AvgIpc) is 2.67. The average molecular weight is 453 g/mol. The summed E-state index contributed by atoms with van der Waals surface area (Å²) in [5.41, 5.74) is 1.37. The summed E-state index contributed by atoms with van der Waals surface area (Å²) in [6, 6.07) is 6.09. The topological polar surface area (TPSA) is 53.7 Å². The number of hydrogen-bond donors (Lipinski definition) is 1. The first-order valence-corrected chi connectivity index (χ1v) is 12.0. The summed E-state index contributed by atoms with van der Waals surface area (Å²) in [5, 5.41) is 5.70. The van der Waals surface area contributed by atoms with E-state index in [0.717, 1.165) is 15.9 Å². The quantitative estimate of drug-likeness (QED) is 0.317. The molecule has 2 rings (SSSR count). The lowest BCUT2D eigenvalue weighted by Gasteiger charge is -2.32. The van der Waals surface area contributed by atoms with Gasteiger partial charge in [0, 0.05) is 4.90 Å². The van der Waals surface area contributed by atoms with Crippen molar-refractivity contribution in [2.75, 3.05) is 0 Å². The second-order valence-corrected chi connectivity index (χ2v) is 8.75. The van der Waals surface area contributed by atoms with Crippen LogP contribution >= 0.6 is 40.4 Å². The van der Waals surface area contributed by atoms with E-state index in [4.69, 9.17) is 19.0 Å². The highest BCUT2D eigenvalue weighted by Gasteiger charge is 2.52. The molecule has 1 fully saturated rings. The highest BCUT2D eigenvalue weighted by atomic mass is 127. The van der Waals surface area contributed by atoms with Crippen molar-refractivity contribution in [2.24, 2.45) is 5.14 Å². The third kappa shape index (κ3) is 3.82. The van der Waals surface area contributed by atoms with E-state index in [1.165, 1.54) is 11.9 Å². The van der Waals surface area contributed by atoms with E-state index in [0.29, 0.717) is 6.45 Å². The fourth-order valence-electron chi connectivity index (χ4n) is 2.29. The summed E-state index contributed by atoms with van der Waals surface area (Å²) >= 11 is 3.46. The molecule has 4 nitrogen and oxygen atoms in total. The van der Waals surface area contributed by atoms with Gasteiger partial charge in [-0.25, -0.2) is 0 Å². The van der Waals surface area contributed by atoms with Crippen LogP contribution in [0.3, 0.4) is 0 Å². The zero-order valence-electron chi connectivity index (χ0n) is 13.5. The molecule has 1 heterocycles. The van der Waals surface area contributed by atoms with Crippen molar-refractivity contribution in [2.45, 2.75) is 56.8 Å². The first kappa shape index (κ1) is 19.0. The van der Waals surface area contributed by atoms with Crippen LogP contribution in [0.1, 0.15) is 46.3 Å². The molecular formula is C14H22BINO3PS. The normalized spacial score (nSPS) is 21.7. The highest BCUT2D eigenvalue weighted by molar-refractivity contribution is 14.2. The van der Waals surface area contributed by atoms with Crippen LogP contribution in [-0.2, 0) is 13.8 Å². The Morgan fingerprint density at radius 1 is 1.27 bits per heavy atom. The molecule has 2 unspecified atom stereocenters. The van der Waals surface area contributed by atoms with Gasteiger partial charge in [0.1, 0.15) is 0 Å². The molecule has 0 radical (unpaired) electrons. The fourth-order valence-corrected chi connectivity index (χ4v) is 4.04. The fraction of sp³-hybridized carbons (Fsp3) is 0.571. The molecule has 0 amide bonds. The van der Waals surface area contributed by atoms with Crippen LogP contribution < -0.4 is 10.6 Å². The first-order chi connectivity index (χ1) is 10.2. The number of benzene rings is 1. The molecular weight excluding hydrogens is 431 g/mol. The Morgan fingerprint density at radius 2 is 1.86 bits per heavy atom. The second kappa shape index (κ2) is 7.25. The van der Waals surface area contributed by atoms with Crippen molar-refractivity contribution in [1.82, 2.24) is 0 Å². The van der Waals surface area contributed by atoms with Crippen molar-refractivity contribution in [3.63, 3.8) is 0 Å². The first-order valence-electron chi connectivity index (χ1n) is 7.09. The van der Waals surface area contributed by atoms with E-state index in [9.17, 15) is 0 Å². The van der Waals surface area contributed by atoms with Crippen LogP contribution in [0, 0.1) is 0 Å². The van der Waals surface area contributed by atoms with Gasteiger partial charge in [-0.05, 0) is 91.8 Å². The summed E-state index contributed by atoms with van der Waals surface area (Å²) in [6.45, 7) is 10.7. The predicted molar refractivity (Wildman–Crippen MR) is 104 cm³/mol. The predicted octanol–water partition coefficient (Wildman–Crippen LogP) is 3.97. The maximum Gasteiger partial charge on any atom is 0.495 e. The van der Waals surface area contributed by atoms with Gasteiger partial charge in [-0.3, -0.25) is 5.14 Å². The molecule has 22 heavy (non-hydrogen) atoms. The van der Waals surface area contributed by atoms with Gasteiger partial charge < -0.3 is 13.8 Å². The number of hydrogen-bond acceptors (Lipinski definition) is 5. The zero-order valence-corrected chi connectivity index (χ0v) is 17.4. The van der Waals surface area contributed by atoms with Crippen LogP contribution in [-0.4, -0.2) is 18.3 Å². The summed E-state index contributed by atoms with van der Waals surface area (Å²) in [5.74, 6) is 0. The van der Waals surface area contributed by atoms with Gasteiger partial charge in [0.25, 0.3) is 0 Å². The summed E-state index contributed by atoms with van der Waals surface area (Å²) in [6.07, 6.45) is -0.0312. The molecule has 1 aliphatic heterocycles. The number of nitrogens with two attached hydrogens (primary N) is 1. The lowest BCUT2D eigenvalue weighted by Crippen LogP contribution is -2.41. The van der Waals surface area contributed by atoms with Gasteiger partial charge in [-0.1, -0.05) is 6.07 Å². The van der Waals surface area contributed by atoms with Gasteiger partial charge >= 0.3 is 7.12 Å². The Bertz CT molecular complexity index is 531. The Hall–Kier alpha value is 0.635. The molecule has 0 aromatic heterocycles. The zero-order chi connectivity index (χ0) is 16.5. The molecule has 8 heteroatoms. The summed E-state index contributed by atoms with van der Waals surface area (Å²) in [4.78, 5) is 1.00. The molecule has 1 aliphatic rings. The molecule has 1 saturated heterocycles. The Kier molecular flexibility index (Phi) is 6.25. The lowest BCUT2D eigenvalue weighted by atomic mass is 9.75. The molecule has 2 N–H and O–H groups in total. The maximum absolute atomic E-state index is 6.18. The van der Waals surface area contributed by atoms with E-state index in [-0.39, 0.29) is 24.4 Å². The standard InChI is InChI=1S/C14H22BINO3PS/c1-9(18-21-16)11-8-10(22-17)6-7-12(11)15-19-13(2,3)14(4,5)20-15/h6-9,21H,17H2,1-5H3. The molecule has 1 aromatic carbocycles. The van der Waals surface area contributed by atoms with Crippen molar-refractivity contribution < 1.29 is 13.8 Å². The van der Waals surface area contributed by atoms with E-state index in [2.05, 4.69) is 55.8 Å². The van der Waals surface area contributed by atoms with Gasteiger partial charge in [-0.2, -0.15) is 0 Å². The van der Waals surface area contributed by atoms with Crippen molar-refractivity contribution in [1.29, 1.82) is 0 Å². The number of rotatable bonds is 5. The van der Waals surface area contributed by atoms with Gasteiger partial charge in [0.2, 0.25) is 0 Å². The van der Waals surface area contributed by atoms with Gasteiger partial charge in [0.05, 0.1) is 23.8 Å². The molecule has 0 saturated carbocycles. The van der Waals surface area contributed by atoms with Gasteiger partial charge in [-0.15, -0.1) is 0 Å². The molecule has 122 valence electrons. The van der Waals surface area contributed by atoms with E-state index >= 15 is 0 Å². The lowest BCUT2D eigenvalue weighted by molar-refractivity contribution is 0.00578. The van der Waals surface area contributed by atoms with E-state index in [1.807, 2.05) is 19.1 Å². The van der Waals surface area contributed by atoms with Crippen molar-refractivity contribution in [3.8, 4) is 0 Å². The second-order valence-electron chi connectivity index (χ2n) is 6.33. The Labute approximate surface area is 152 Å². The minimum absolute atomic E-state index is 0.0312. The summed E-state index contributed by atoms with van der Waals surface area (Å²) < 4.78 is 18.1. The van der Waals surface area contributed by atoms with E-state index in [1.54, 1.807) is 0 Å². The SMILES string of the molecule is CC(OPI)c1cc(SN)ccc1B1OC(C)(C)C(C)(C)O1. The third-order valence-electron chi connectivity index (χ3n) is 4.36. The minimum Gasteiger partial charge on any atom is -0.399 e. The van der Waals surface area contributed by atoms with Crippen LogP contribution in [0.15, 0.2) is 23.1 Å². The molecule has 0 aliphatic carbocycles. The third-order valence-corrected chi connectivity index (χ3v) is 6.09. The minimum atomic E-state index is -0.389. The Balaban J connectivity index is 2.39. The van der Waals surface area contributed by atoms with E-state index < -0.39 is 0 Å². The largest absolute Gasteiger partial charge is 0.495 e.